The number of hydrogen-bond donors (Lipinski definition) is 2. The monoisotopic (exact) mass is 280 g/mol. The first-order valence-electron chi connectivity index (χ1n) is 7.16. The van der Waals surface area contributed by atoms with Gasteiger partial charge in [-0.05, 0) is 18.6 Å². The van der Waals surface area contributed by atoms with E-state index in [2.05, 4.69) is 20.6 Å². The Kier molecular flexibility index (Phi) is 5.76. The van der Waals surface area contributed by atoms with Crippen molar-refractivity contribution in [2.75, 3.05) is 30.5 Å². The molecule has 0 spiro atoms. The van der Waals surface area contributed by atoms with E-state index in [0.29, 0.717) is 0 Å². The average Bonchev–Trinajstić information content (AvgIpc) is 2.48. The predicted octanol–water partition coefficient (Wildman–Crippen LogP) is 3.62. The molecule has 2 N–H and O–H groups in total. The smallest absolute Gasteiger partial charge is 0.191 e. The summed E-state index contributed by atoms with van der Waals surface area (Å²) in [6, 6.07) is 1.97. The molecule has 0 radical (unpaired) electrons. The minimum absolute atomic E-state index is 0.812. The first-order valence-corrected chi connectivity index (χ1v) is 8.39. The van der Waals surface area contributed by atoms with Gasteiger partial charge in [0.25, 0.3) is 0 Å². The van der Waals surface area contributed by atoms with Gasteiger partial charge in [-0.2, -0.15) is 0 Å². The van der Waals surface area contributed by atoms with Gasteiger partial charge in [-0.3, -0.25) is 0 Å². The van der Waals surface area contributed by atoms with Crippen LogP contribution in [-0.4, -0.2) is 29.8 Å². The van der Waals surface area contributed by atoms with Crippen LogP contribution in [0.3, 0.4) is 0 Å². The average molecular weight is 280 g/mol. The second-order valence-electron chi connectivity index (χ2n) is 5.09. The fraction of sp³-hybridized carbons (Fsp3) is 0.714. The molecule has 1 aromatic heterocycles. The molecule has 5 heteroatoms. The second kappa shape index (κ2) is 7.58. The third-order valence-electron chi connectivity index (χ3n) is 3.73. The summed E-state index contributed by atoms with van der Waals surface area (Å²) in [6.45, 7) is 1.01. The lowest BCUT2D eigenvalue weighted by molar-refractivity contribution is 0.345. The normalized spacial score (nSPS) is 16.3. The second-order valence-corrected chi connectivity index (χ2v) is 5.87. The molecule has 0 atom stereocenters. The molecule has 1 aliphatic carbocycles. The standard InChI is InChI=1S/C14H24N4S/c1-15-12-10-13(18-14(17-12)19-2)16-9-8-11-6-4-3-5-7-11/h10-11H,3-9H2,1-2H3,(H2,15,16,17,18). The molecule has 1 fully saturated rings. The van der Waals surface area contributed by atoms with Crippen LogP contribution in [-0.2, 0) is 0 Å². The maximum Gasteiger partial charge on any atom is 0.191 e. The first-order chi connectivity index (χ1) is 9.31. The van der Waals surface area contributed by atoms with Gasteiger partial charge in [0.2, 0.25) is 0 Å². The van der Waals surface area contributed by atoms with E-state index in [0.717, 1.165) is 29.3 Å². The highest BCUT2D eigenvalue weighted by molar-refractivity contribution is 7.98. The molecule has 106 valence electrons. The minimum atomic E-state index is 0.812. The van der Waals surface area contributed by atoms with Crippen molar-refractivity contribution in [3.63, 3.8) is 0 Å². The minimum Gasteiger partial charge on any atom is -0.373 e. The van der Waals surface area contributed by atoms with E-state index in [1.165, 1.54) is 38.5 Å². The number of nitrogens with one attached hydrogen (secondary N) is 2. The lowest BCUT2D eigenvalue weighted by Gasteiger charge is -2.21. The molecule has 0 bridgehead atoms. The number of hydrogen-bond acceptors (Lipinski definition) is 5. The van der Waals surface area contributed by atoms with E-state index in [1.54, 1.807) is 11.8 Å². The van der Waals surface area contributed by atoms with Crippen molar-refractivity contribution in [3.05, 3.63) is 6.07 Å². The zero-order valence-corrected chi connectivity index (χ0v) is 12.7. The lowest BCUT2D eigenvalue weighted by Crippen LogP contribution is -2.13. The largest absolute Gasteiger partial charge is 0.373 e. The van der Waals surface area contributed by atoms with Crippen LogP contribution < -0.4 is 10.6 Å². The van der Waals surface area contributed by atoms with Gasteiger partial charge in [0, 0.05) is 19.7 Å². The van der Waals surface area contributed by atoms with Crippen LogP contribution in [0.1, 0.15) is 38.5 Å². The Morgan fingerprint density at radius 2 is 1.95 bits per heavy atom. The van der Waals surface area contributed by atoms with E-state index in [9.17, 15) is 0 Å². The van der Waals surface area contributed by atoms with Crippen LogP contribution in [0.15, 0.2) is 11.2 Å². The molecular weight excluding hydrogens is 256 g/mol. The summed E-state index contributed by atoms with van der Waals surface area (Å²) < 4.78 is 0. The highest BCUT2D eigenvalue weighted by atomic mass is 32.2. The molecule has 0 unspecified atom stereocenters. The van der Waals surface area contributed by atoms with Crippen LogP contribution in [0.25, 0.3) is 0 Å². The zero-order chi connectivity index (χ0) is 13.5. The van der Waals surface area contributed by atoms with Crippen molar-refractivity contribution < 1.29 is 0 Å². The molecule has 0 amide bonds. The molecule has 2 rings (SSSR count). The topological polar surface area (TPSA) is 49.8 Å². The van der Waals surface area contributed by atoms with E-state index < -0.39 is 0 Å². The molecule has 1 aliphatic rings. The molecular formula is C14H24N4S. The molecule has 1 heterocycles. The third-order valence-corrected chi connectivity index (χ3v) is 4.28. The fourth-order valence-electron chi connectivity index (χ4n) is 2.62. The summed E-state index contributed by atoms with van der Waals surface area (Å²) in [5.41, 5.74) is 0. The third kappa shape index (κ3) is 4.56. The number of anilines is 2. The van der Waals surface area contributed by atoms with Crippen molar-refractivity contribution >= 4 is 23.4 Å². The zero-order valence-electron chi connectivity index (χ0n) is 11.9. The Morgan fingerprint density at radius 1 is 1.21 bits per heavy atom. The maximum absolute atomic E-state index is 4.48. The molecule has 0 aliphatic heterocycles. The number of thioether (sulfide) groups is 1. The summed E-state index contributed by atoms with van der Waals surface area (Å²) in [5.74, 6) is 2.71. The van der Waals surface area contributed by atoms with Crippen molar-refractivity contribution in [2.24, 2.45) is 5.92 Å². The molecule has 0 saturated heterocycles. The Bertz CT molecular complexity index is 369. The van der Waals surface area contributed by atoms with E-state index in [-0.39, 0.29) is 0 Å². The predicted molar refractivity (Wildman–Crippen MR) is 83.0 cm³/mol. The maximum atomic E-state index is 4.48. The number of rotatable bonds is 6. The van der Waals surface area contributed by atoms with E-state index in [4.69, 9.17) is 0 Å². The van der Waals surface area contributed by atoms with Gasteiger partial charge in [-0.15, -0.1) is 0 Å². The van der Waals surface area contributed by atoms with Gasteiger partial charge in [-0.1, -0.05) is 43.9 Å². The summed E-state index contributed by atoms with van der Waals surface area (Å²) in [7, 11) is 1.89. The Balaban J connectivity index is 1.84. The quantitative estimate of drug-likeness (QED) is 0.615. The van der Waals surface area contributed by atoms with Gasteiger partial charge < -0.3 is 10.6 Å². The van der Waals surface area contributed by atoms with Crippen LogP contribution in [0.2, 0.25) is 0 Å². The Morgan fingerprint density at radius 3 is 2.63 bits per heavy atom. The molecule has 1 saturated carbocycles. The van der Waals surface area contributed by atoms with Gasteiger partial charge in [0.05, 0.1) is 0 Å². The van der Waals surface area contributed by atoms with Crippen LogP contribution >= 0.6 is 11.8 Å². The van der Waals surface area contributed by atoms with Crippen molar-refractivity contribution in [3.8, 4) is 0 Å². The van der Waals surface area contributed by atoms with Gasteiger partial charge in [0.1, 0.15) is 11.6 Å². The highest BCUT2D eigenvalue weighted by Gasteiger charge is 2.12. The summed E-state index contributed by atoms with van der Waals surface area (Å²) >= 11 is 1.57. The summed E-state index contributed by atoms with van der Waals surface area (Å²) in [4.78, 5) is 8.85. The van der Waals surface area contributed by atoms with Crippen LogP contribution in [0.5, 0.6) is 0 Å². The number of nitrogens with zero attached hydrogens (tertiary/aromatic N) is 2. The van der Waals surface area contributed by atoms with Gasteiger partial charge >= 0.3 is 0 Å². The molecule has 1 aromatic rings. The molecule has 4 nitrogen and oxygen atoms in total. The SMILES string of the molecule is CNc1cc(NCCC2CCCCC2)nc(SC)n1. The Labute approximate surface area is 120 Å². The van der Waals surface area contributed by atoms with E-state index in [1.807, 2.05) is 19.4 Å². The fourth-order valence-corrected chi connectivity index (χ4v) is 2.99. The summed E-state index contributed by atoms with van der Waals surface area (Å²) in [6.07, 6.45) is 10.3. The van der Waals surface area contributed by atoms with Crippen molar-refractivity contribution in [2.45, 2.75) is 43.7 Å². The van der Waals surface area contributed by atoms with Crippen molar-refractivity contribution in [1.82, 2.24) is 9.97 Å². The van der Waals surface area contributed by atoms with E-state index >= 15 is 0 Å². The van der Waals surface area contributed by atoms with Gasteiger partial charge in [-0.25, -0.2) is 9.97 Å². The molecule has 0 aromatic carbocycles. The number of aromatic nitrogens is 2. The summed E-state index contributed by atoms with van der Waals surface area (Å²) in [5, 5.41) is 7.33. The van der Waals surface area contributed by atoms with Gasteiger partial charge in [0.15, 0.2) is 5.16 Å². The lowest BCUT2D eigenvalue weighted by atomic mass is 9.87. The Hall–Kier alpha value is -0.970. The first kappa shape index (κ1) is 14.4. The van der Waals surface area contributed by atoms with Crippen molar-refractivity contribution in [1.29, 1.82) is 0 Å². The highest BCUT2D eigenvalue weighted by Crippen LogP contribution is 2.26. The molecule has 19 heavy (non-hydrogen) atoms. The van der Waals surface area contributed by atoms with Crippen LogP contribution in [0.4, 0.5) is 11.6 Å². The van der Waals surface area contributed by atoms with Crippen LogP contribution in [0, 0.1) is 5.92 Å².